The van der Waals surface area contributed by atoms with Crippen LogP contribution in [0.3, 0.4) is 0 Å². The van der Waals surface area contributed by atoms with Gasteiger partial charge in [0.25, 0.3) is 0 Å². The number of piperidine rings is 1. The first kappa shape index (κ1) is 13.3. The van der Waals surface area contributed by atoms with Crippen molar-refractivity contribution in [2.24, 2.45) is 0 Å². The van der Waals surface area contributed by atoms with E-state index < -0.39 is 0 Å². The molecule has 2 aliphatic rings. The summed E-state index contributed by atoms with van der Waals surface area (Å²) in [5, 5.41) is 3.33. The third-order valence-electron chi connectivity index (χ3n) is 4.07. The molecule has 108 valence electrons. The highest BCUT2D eigenvalue weighted by Crippen LogP contribution is 2.14. The van der Waals surface area contributed by atoms with Crippen molar-refractivity contribution in [3.8, 4) is 0 Å². The summed E-state index contributed by atoms with van der Waals surface area (Å²) < 4.78 is 0. The second kappa shape index (κ2) is 6.17. The van der Waals surface area contributed by atoms with Crippen LogP contribution in [0.25, 0.3) is 0 Å². The highest BCUT2D eigenvalue weighted by Gasteiger charge is 2.28. The Balaban J connectivity index is 1.54. The molecule has 1 aromatic heterocycles. The zero-order chi connectivity index (χ0) is 13.8. The second-order valence-electron chi connectivity index (χ2n) is 5.38. The van der Waals surface area contributed by atoms with Crippen LogP contribution in [-0.2, 0) is 4.79 Å². The fraction of sp³-hybridized carbons (Fsp3) is 0.643. The van der Waals surface area contributed by atoms with Gasteiger partial charge >= 0.3 is 0 Å². The van der Waals surface area contributed by atoms with Crippen LogP contribution >= 0.6 is 0 Å². The lowest BCUT2D eigenvalue weighted by Crippen LogP contribution is -2.55. The monoisotopic (exact) mass is 275 g/mol. The molecule has 1 atom stereocenters. The number of amides is 1. The Morgan fingerprint density at radius 1 is 1.20 bits per heavy atom. The second-order valence-corrected chi connectivity index (χ2v) is 5.38. The molecule has 0 unspecified atom stereocenters. The van der Waals surface area contributed by atoms with Gasteiger partial charge in [0.1, 0.15) is 5.82 Å². The zero-order valence-corrected chi connectivity index (χ0v) is 11.7. The minimum absolute atomic E-state index is 0.0341. The molecule has 3 rings (SSSR count). The van der Waals surface area contributed by atoms with Crippen molar-refractivity contribution in [3.05, 3.63) is 18.6 Å². The number of aromatic nitrogens is 2. The Kier molecular flexibility index (Phi) is 4.11. The maximum Gasteiger partial charge on any atom is 0.239 e. The van der Waals surface area contributed by atoms with Crippen molar-refractivity contribution in [3.63, 3.8) is 0 Å². The number of carbonyl (C=O) groups is 1. The molecule has 2 saturated heterocycles. The SMILES string of the molecule is O=C([C@H]1CCCCN1)N1CCN(c2cnccn2)CC1. The van der Waals surface area contributed by atoms with Crippen molar-refractivity contribution in [1.29, 1.82) is 0 Å². The molecule has 0 radical (unpaired) electrons. The molecule has 0 aromatic carbocycles. The molecule has 0 saturated carbocycles. The van der Waals surface area contributed by atoms with Crippen LogP contribution in [0.15, 0.2) is 18.6 Å². The van der Waals surface area contributed by atoms with E-state index in [4.69, 9.17) is 0 Å². The lowest BCUT2D eigenvalue weighted by atomic mass is 10.0. The summed E-state index contributed by atoms with van der Waals surface area (Å²) in [6.07, 6.45) is 8.48. The van der Waals surface area contributed by atoms with E-state index in [-0.39, 0.29) is 11.9 Å². The number of hydrogen-bond donors (Lipinski definition) is 1. The first-order valence-electron chi connectivity index (χ1n) is 7.38. The van der Waals surface area contributed by atoms with Gasteiger partial charge in [-0.1, -0.05) is 6.42 Å². The van der Waals surface area contributed by atoms with Gasteiger partial charge in [-0.05, 0) is 19.4 Å². The first-order chi connectivity index (χ1) is 9.84. The van der Waals surface area contributed by atoms with Crippen molar-refractivity contribution >= 4 is 11.7 Å². The summed E-state index contributed by atoms with van der Waals surface area (Å²) >= 11 is 0. The molecule has 0 aliphatic carbocycles. The molecule has 1 amide bonds. The summed E-state index contributed by atoms with van der Waals surface area (Å²) in [5.74, 6) is 1.17. The van der Waals surface area contributed by atoms with E-state index in [1.54, 1.807) is 18.6 Å². The summed E-state index contributed by atoms with van der Waals surface area (Å²) in [4.78, 5) is 25.0. The lowest BCUT2D eigenvalue weighted by molar-refractivity contribution is -0.134. The first-order valence-corrected chi connectivity index (χ1v) is 7.38. The fourth-order valence-electron chi connectivity index (χ4n) is 2.89. The van der Waals surface area contributed by atoms with Gasteiger partial charge in [0.15, 0.2) is 0 Å². The minimum atomic E-state index is 0.0341. The Bertz CT molecular complexity index is 438. The average molecular weight is 275 g/mol. The number of nitrogens with one attached hydrogen (secondary N) is 1. The van der Waals surface area contributed by atoms with E-state index in [0.29, 0.717) is 0 Å². The molecular formula is C14H21N5O. The normalized spacial score (nSPS) is 23.7. The van der Waals surface area contributed by atoms with Crippen molar-refractivity contribution in [2.45, 2.75) is 25.3 Å². The van der Waals surface area contributed by atoms with Gasteiger partial charge in [-0.25, -0.2) is 4.98 Å². The topological polar surface area (TPSA) is 61.4 Å². The van der Waals surface area contributed by atoms with E-state index in [0.717, 1.165) is 51.4 Å². The maximum atomic E-state index is 12.4. The molecule has 0 bridgehead atoms. The number of anilines is 1. The third kappa shape index (κ3) is 2.90. The van der Waals surface area contributed by atoms with Crippen molar-refractivity contribution in [1.82, 2.24) is 20.2 Å². The van der Waals surface area contributed by atoms with Crippen molar-refractivity contribution in [2.75, 3.05) is 37.6 Å². The van der Waals surface area contributed by atoms with Gasteiger partial charge in [-0.3, -0.25) is 9.78 Å². The quantitative estimate of drug-likeness (QED) is 0.839. The van der Waals surface area contributed by atoms with Crippen molar-refractivity contribution < 1.29 is 4.79 Å². The van der Waals surface area contributed by atoms with Crippen LogP contribution in [0, 0.1) is 0 Å². The molecule has 6 nitrogen and oxygen atoms in total. The fourth-order valence-corrected chi connectivity index (χ4v) is 2.89. The van der Waals surface area contributed by atoms with Gasteiger partial charge in [0.2, 0.25) is 5.91 Å². The molecule has 6 heteroatoms. The van der Waals surface area contributed by atoms with Crippen LogP contribution < -0.4 is 10.2 Å². The van der Waals surface area contributed by atoms with E-state index in [1.165, 1.54) is 6.42 Å². The van der Waals surface area contributed by atoms with Crippen LogP contribution in [-0.4, -0.2) is 59.5 Å². The molecule has 2 fully saturated rings. The molecular weight excluding hydrogens is 254 g/mol. The van der Waals surface area contributed by atoms with Crippen LogP contribution in [0.5, 0.6) is 0 Å². The van der Waals surface area contributed by atoms with Gasteiger partial charge in [0, 0.05) is 38.6 Å². The highest BCUT2D eigenvalue weighted by molar-refractivity contribution is 5.82. The summed E-state index contributed by atoms with van der Waals surface area (Å²) in [6, 6.07) is 0.0341. The van der Waals surface area contributed by atoms with Gasteiger partial charge in [-0.15, -0.1) is 0 Å². The predicted octanol–water partition coefficient (Wildman–Crippen LogP) is 0.267. The largest absolute Gasteiger partial charge is 0.352 e. The smallest absolute Gasteiger partial charge is 0.239 e. The molecule has 20 heavy (non-hydrogen) atoms. The Morgan fingerprint density at radius 3 is 2.70 bits per heavy atom. The highest BCUT2D eigenvalue weighted by atomic mass is 16.2. The summed E-state index contributed by atoms with van der Waals surface area (Å²) in [6.45, 7) is 4.17. The van der Waals surface area contributed by atoms with Crippen LogP contribution in [0.4, 0.5) is 5.82 Å². The lowest BCUT2D eigenvalue weighted by Gasteiger charge is -2.37. The zero-order valence-electron chi connectivity index (χ0n) is 11.7. The molecule has 1 aromatic rings. The molecule has 1 N–H and O–H groups in total. The van der Waals surface area contributed by atoms with Gasteiger partial charge in [-0.2, -0.15) is 0 Å². The Hall–Kier alpha value is -1.69. The molecule has 2 aliphatic heterocycles. The number of carbonyl (C=O) groups excluding carboxylic acids is 1. The van der Waals surface area contributed by atoms with Gasteiger partial charge < -0.3 is 15.1 Å². The van der Waals surface area contributed by atoms with E-state index in [1.807, 2.05) is 4.90 Å². The third-order valence-corrected chi connectivity index (χ3v) is 4.07. The van der Waals surface area contributed by atoms with E-state index in [9.17, 15) is 4.79 Å². The average Bonchev–Trinajstić information content (AvgIpc) is 2.56. The van der Waals surface area contributed by atoms with Gasteiger partial charge in [0.05, 0.1) is 12.2 Å². The Morgan fingerprint density at radius 2 is 2.05 bits per heavy atom. The minimum Gasteiger partial charge on any atom is -0.352 e. The number of nitrogens with zero attached hydrogens (tertiary/aromatic N) is 4. The summed E-state index contributed by atoms with van der Waals surface area (Å²) in [5.41, 5.74) is 0. The number of hydrogen-bond acceptors (Lipinski definition) is 5. The standard InChI is InChI=1S/C14H21N5O/c20-14(12-3-1-2-4-16-12)19-9-7-18(8-10-19)13-11-15-5-6-17-13/h5-6,11-12,16H,1-4,7-10H2/t12-/m1/s1. The summed E-state index contributed by atoms with van der Waals surface area (Å²) in [7, 11) is 0. The maximum absolute atomic E-state index is 12.4. The van der Waals surface area contributed by atoms with E-state index >= 15 is 0 Å². The van der Waals surface area contributed by atoms with E-state index in [2.05, 4.69) is 20.2 Å². The number of piperazine rings is 1. The number of rotatable bonds is 2. The molecule has 0 spiro atoms. The van der Waals surface area contributed by atoms with Crippen LogP contribution in [0.1, 0.15) is 19.3 Å². The Labute approximate surface area is 119 Å². The van der Waals surface area contributed by atoms with Crippen LogP contribution in [0.2, 0.25) is 0 Å². The predicted molar refractivity (Wildman–Crippen MR) is 76.5 cm³/mol. The molecule has 3 heterocycles.